The zero-order valence-electron chi connectivity index (χ0n) is 6.45. The average Bonchev–Trinajstić information content (AvgIpc) is 2.03. The quantitative estimate of drug-likeness (QED) is 0.383. The third-order valence-corrected chi connectivity index (χ3v) is 1.56. The fraction of sp³-hybridized carbons (Fsp3) is 0.833. The molecule has 0 aromatic carbocycles. The van der Waals surface area contributed by atoms with E-state index >= 15 is 0 Å². The summed E-state index contributed by atoms with van der Waals surface area (Å²) >= 11 is 0. The number of morpholine rings is 1. The highest BCUT2D eigenvalue weighted by molar-refractivity contribution is 5.74. The summed E-state index contributed by atoms with van der Waals surface area (Å²) in [5.41, 5.74) is 0. The third-order valence-electron chi connectivity index (χ3n) is 1.56. The standard InChI is InChI=1S/C6H12N2O3/c1-10-6(9)5-4-8(7)2-3-11-5/h5H,2-4,7H2,1H3. The van der Waals surface area contributed by atoms with Crippen molar-refractivity contribution < 1.29 is 14.3 Å². The van der Waals surface area contributed by atoms with Gasteiger partial charge < -0.3 is 9.47 Å². The fourth-order valence-electron chi connectivity index (χ4n) is 0.943. The normalized spacial score (nSPS) is 26.5. The molecule has 1 atom stereocenters. The van der Waals surface area contributed by atoms with E-state index in [4.69, 9.17) is 10.6 Å². The molecule has 11 heavy (non-hydrogen) atoms. The van der Waals surface area contributed by atoms with E-state index in [9.17, 15) is 4.79 Å². The van der Waals surface area contributed by atoms with Crippen molar-refractivity contribution in [2.75, 3.05) is 26.8 Å². The highest BCUT2D eigenvalue weighted by Gasteiger charge is 2.25. The zero-order valence-corrected chi connectivity index (χ0v) is 6.45. The summed E-state index contributed by atoms with van der Waals surface area (Å²) in [6.45, 7) is 1.55. The Hall–Kier alpha value is -0.650. The van der Waals surface area contributed by atoms with Gasteiger partial charge in [0.25, 0.3) is 0 Å². The second-order valence-corrected chi connectivity index (χ2v) is 2.38. The van der Waals surface area contributed by atoms with Gasteiger partial charge in [0.1, 0.15) is 0 Å². The second-order valence-electron chi connectivity index (χ2n) is 2.38. The van der Waals surface area contributed by atoms with Crippen molar-refractivity contribution >= 4 is 5.97 Å². The average molecular weight is 160 g/mol. The number of nitrogens with zero attached hydrogens (tertiary/aromatic N) is 1. The molecule has 2 N–H and O–H groups in total. The number of carbonyl (C=O) groups excluding carboxylic acids is 1. The Bertz CT molecular complexity index is 151. The van der Waals surface area contributed by atoms with Crippen molar-refractivity contribution in [2.45, 2.75) is 6.10 Å². The minimum atomic E-state index is -0.515. The fourth-order valence-corrected chi connectivity index (χ4v) is 0.943. The Balaban J connectivity index is 2.39. The summed E-state index contributed by atoms with van der Waals surface area (Å²) in [5, 5.41) is 1.55. The predicted octanol–water partition coefficient (Wildman–Crippen LogP) is -1.27. The van der Waals surface area contributed by atoms with Gasteiger partial charge in [-0.1, -0.05) is 0 Å². The first-order valence-electron chi connectivity index (χ1n) is 3.43. The molecule has 64 valence electrons. The number of ether oxygens (including phenoxy) is 2. The smallest absolute Gasteiger partial charge is 0.336 e. The summed E-state index contributed by atoms with van der Waals surface area (Å²) in [6, 6.07) is 0. The van der Waals surface area contributed by atoms with Crippen LogP contribution in [0.3, 0.4) is 0 Å². The predicted molar refractivity (Wildman–Crippen MR) is 37.5 cm³/mol. The van der Waals surface area contributed by atoms with Crippen molar-refractivity contribution in [1.29, 1.82) is 0 Å². The minimum Gasteiger partial charge on any atom is -0.467 e. The van der Waals surface area contributed by atoms with Crippen LogP contribution in [0.5, 0.6) is 0 Å². The van der Waals surface area contributed by atoms with E-state index in [1.807, 2.05) is 0 Å². The molecule has 0 amide bonds. The van der Waals surface area contributed by atoms with E-state index in [0.29, 0.717) is 19.7 Å². The summed E-state index contributed by atoms with van der Waals surface area (Å²) in [5.74, 6) is 5.10. The maximum atomic E-state index is 10.9. The molecule has 0 aromatic heterocycles. The molecule has 0 radical (unpaired) electrons. The molecule has 1 unspecified atom stereocenters. The van der Waals surface area contributed by atoms with E-state index < -0.39 is 6.10 Å². The molecule has 1 saturated heterocycles. The van der Waals surface area contributed by atoms with Crippen molar-refractivity contribution in [1.82, 2.24) is 5.01 Å². The van der Waals surface area contributed by atoms with Gasteiger partial charge in [-0.3, -0.25) is 5.84 Å². The number of nitrogens with two attached hydrogens (primary N) is 1. The van der Waals surface area contributed by atoms with Crippen LogP contribution in [0.15, 0.2) is 0 Å². The van der Waals surface area contributed by atoms with Crippen molar-refractivity contribution in [3.8, 4) is 0 Å². The lowest BCUT2D eigenvalue weighted by molar-refractivity contribution is -0.159. The molecule has 5 nitrogen and oxygen atoms in total. The summed E-state index contributed by atoms with van der Waals surface area (Å²) in [7, 11) is 1.33. The first-order valence-corrected chi connectivity index (χ1v) is 3.43. The molecule has 1 heterocycles. The maximum absolute atomic E-state index is 10.9. The highest BCUT2D eigenvalue weighted by Crippen LogP contribution is 2.02. The highest BCUT2D eigenvalue weighted by atomic mass is 16.6. The number of hydrogen-bond donors (Lipinski definition) is 1. The lowest BCUT2D eigenvalue weighted by Gasteiger charge is -2.27. The Kier molecular flexibility index (Phi) is 2.81. The van der Waals surface area contributed by atoms with Gasteiger partial charge in [-0.2, -0.15) is 0 Å². The molecule has 0 bridgehead atoms. The van der Waals surface area contributed by atoms with Crippen LogP contribution >= 0.6 is 0 Å². The maximum Gasteiger partial charge on any atom is 0.336 e. The Morgan fingerprint density at radius 3 is 3.09 bits per heavy atom. The SMILES string of the molecule is COC(=O)C1CN(N)CCO1. The van der Waals surface area contributed by atoms with Crippen LogP contribution in [-0.4, -0.2) is 43.9 Å². The molecule has 1 fully saturated rings. The Morgan fingerprint density at radius 1 is 1.82 bits per heavy atom. The molecule has 0 aliphatic carbocycles. The van der Waals surface area contributed by atoms with Gasteiger partial charge in [-0.15, -0.1) is 0 Å². The van der Waals surface area contributed by atoms with Crippen LogP contribution in [0.4, 0.5) is 0 Å². The van der Waals surface area contributed by atoms with E-state index in [1.54, 1.807) is 5.01 Å². The number of hydrogen-bond acceptors (Lipinski definition) is 5. The summed E-state index contributed by atoms with van der Waals surface area (Å²) in [6.07, 6.45) is -0.515. The van der Waals surface area contributed by atoms with Crippen molar-refractivity contribution in [3.05, 3.63) is 0 Å². The molecular formula is C6H12N2O3. The van der Waals surface area contributed by atoms with Gasteiger partial charge in [0, 0.05) is 6.54 Å². The van der Waals surface area contributed by atoms with Crippen LogP contribution < -0.4 is 5.84 Å². The van der Waals surface area contributed by atoms with Gasteiger partial charge in [0.15, 0.2) is 6.10 Å². The van der Waals surface area contributed by atoms with Gasteiger partial charge in [0.05, 0.1) is 20.3 Å². The van der Waals surface area contributed by atoms with Crippen LogP contribution in [0.25, 0.3) is 0 Å². The lowest BCUT2D eigenvalue weighted by Crippen LogP contribution is -2.49. The zero-order chi connectivity index (χ0) is 8.27. The van der Waals surface area contributed by atoms with Gasteiger partial charge >= 0.3 is 5.97 Å². The number of hydrazine groups is 1. The number of rotatable bonds is 1. The Morgan fingerprint density at radius 2 is 2.55 bits per heavy atom. The van der Waals surface area contributed by atoms with E-state index in [0.717, 1.165) is 0 Å². The van der Waals surface area contributed by atoms with Crippen molar-refractivity contribution in [3.63, 3.8) is 0 Å². The van der Waals surface area contributed by atoms with Crippen LogP contribution in [0, 0.1) is 0 Å². The van der Waals surface area contributed by atoms with Gasteiger partial charge in [-0.05, 0) is 0 Å². The third kappa shape index (κ3) is 2.14. The summed E-state index contributed by atoms with van der Waals surface area (Å²) < 4.78 is 9.60. The topological polar surface area (TPSA) is 64.8 Å². The van der Waals surface area contributed by atoms with Crippen LogP contribution in [0.1, 0.15) is 0 Å². The number of methoxy groups -OCH3 is 1. The van der Waals surface area contributed by atoms with Crippen LogP contribution in [-0.2, 0) is 14.3 Å². The molecule has 1 aliphatic heterocycles. The molecule has 5 heteroatoms. The molecule has 1 aliphatic rings. The van der Waals surface area contributed by atoms with E-state index in [1.165, 1.54) is 7.11 Å². The van der Waals surface area contributed by atoms with Crippen molar-refractivity contribution in [2.24, 2.45) is 5.84 Å². The molecule has 0 aromatic rings. The number of carbonyl (C=O) groups is 1. The van der Waals surface area contributed by atoms with Crippen LogP contribution in [0.2, 0.25) is 0 Å². The first kappa shape index (κ1) is 8.45. The van der Waals surface area contributed by atoms with Gasteiger partial charge in [0.2, 0.25) is 0 Å². The van der Waals surface area contributed by atoms with Gasteiger partial charge in [-0.25, -0.2) is 9.80 Å². The minimum absolute atomic E-state index is 0.361. The molecule has 0 saturated carbocycles. The monoisotopic (exact) mass is 160 g/mol. The Labute approximate surface area is 65.0 Å². The van der Waals surface area contributed by atoms with E-state index in [2.05, 4.69) is 4.74 Å². The van der Waals surface area contributed by atoms with E-state index in [-0.39, 0.29) is 5.97 Å². The molecular weight excluding hydrogens is 148 g/mol. The lowest BCUT2D eigenvalue weighted by atomic mass is 10.3. The largest absolute Gasteiger partial charge is 0.467 e. The molecule has 1 rings (SSSR count). The molecule has 0 spiro atoms. The first-order chi connectivity index (χ1) is 5.24. The second kappa shape index (κ2) is 3.66. The summed E-state index contributed by atoms with van der Waals surface area (Å²) in [4.78, 5) is 10.9. The number of esters is 1.